The lowest BCUT2D eigenvalue weighted by Crippen LogP contribution is -2.24. The van der Waals surface area contributed by atoms with E-state index in [9.17, 15) is 4.79 Å². The predicted octanol–water partition coefficient (Wildman–Crippen LogP) is 3.01. The molecule has 1 heterocycles. The Labute approximate surface area is 125 Å². The van der Waals surface area contributed by atoms with Gasteiger partial charge in [-0.25, -0.2) is 0 Å². The summed E-state index contributed by atoms with van der Waals surface area (Å²) in [5, 5.41) is 2.87. The van der Waals surface area contributed by atoms with E-state index in [1.807, 2.05) is 31.2 Å². The molecule has 0 radical (unpaired) electrons. The SMILES string of the molecule is Cc1cnc(CNC(=O)c2cccc(C(C)(C)C)c2)cn1. The van der Waals surface area contributed by atoms with E-state index in [2.05, 4.69) is 36.1 Å². The van der Waals surface area contributed by atoms with Gasteiger partial charge in [-0.1, -0.05) is 32.9 Å². The van der Waals surface area contributed by atoms with Gasteiger partial charge < -0.3 is 5.32 Å². The molecule has 0 aliphatic heterocycles. The number of aryl methyl sites for hydroxylation is 1. The van der Waals surface area contributed by atoms with E-state index in [4.69, 9.17) is 0 Å². The summed E-state index contributed by atoms with van der Waals surface area (Å²) in [5.41, 5.74) is 3.45. The molecular weight excluding hydrogens is 262 g/mol. The fourth-order valence-corrected chi connectivity index (χ4v) is 1.91. The average Bonchev–Trinajstić information content (AvgIpc) is 2.45. The normalized spacial score (nSPS) is 11.2. The summed E-state index contributed by atoms with van der Waals surface area (Å²) in [6.45, 7) is 8.66. The second-order valence-corrected chi connectivity index (χ2v) is 6.16. The van der Waals surface area contributed by atoms with Crippen LogP contribution in [0.4, 0.5) is 0 Å². The number of amides is 1. The minimum atomic E-state index is -0.0940. The van der Waals surface area contributed by atoms with Gasteiger partial charge in [0.1, 0.15) is 0 Å². The van der Waals surface area contributed by atoms with Crippen molar-refractivity contribution in [1.29, 1.82) is 0 Å². The summed E-state index contributed by atoms with van der Waals surface area (Å²) in [6.07, 6.45) is 3.38. The Balaban J connectivity index is 2.05. The van der Waals surface area contributed by atoms with Gasteiger partial charge in [0.2, 0.25) is 0 Å². The van der Waals surface area contributed by atoms with Crippen LogP contribution in [0.3, 0.4) is 0 Å². The van der Waals surface area contributed by atoms with Gasteiger partial charge in [-0.2, -0.15) is 0 Å². The maximum Gasteiger partial charge on any atom is 0.251 e. The van der Waals surface area contributed by atoms with Crippen molar-refractivity contribution in [3.8, 4) is 0 Å². The molecule has 0 aliphatic rings. The number of aromatic nitrogens is 2. The number of rotatable bonds is 3. The van der Waals surface area contributed by atoms with Crippen molar-refractivity contribution >= 4 is 5.91 Å². The molecule has 4 nitrogen and oxygen atoms in total. The van der Waals surface area contributed by atoms with E-state index < -0.39 is 0 Å². The molecule has 0 spiro atoms. The summed E-state index contributed by atoms with van der Waals surface area (Å²) in [5.74, 6) is -0.0940. The number of carbonyl (C=O) groups excluding carboxylic acids is 1. The summed E-state index contributed by atoms with van der Waals surface area (Å²) in [6, 6.07) is 7.73. The van der Waals surface area contributed by atoms with Gasteiger partial charge in [-0.05, 0) is 30.0 Å². The third kappa shape index (κ3) is 4.12. The lowest BCUT2D eigenvalue weighted by Gasteiger charge is -2.19. The first-order chi connectivity index (χ1) is 9.86. The molecule has 0 fully saturated rings. The quantitative estimate of drug-likeness (QED) is 0.942. The van der Waals surface area contributed by atoms with Crippen LogP contribution in [0.15, 0.2) is 36.7 Å². The largest absolute Gasteiger partial charge is 0.346 e. The van der Waals surface area contributed by atoms with Crippen molar-refractivity contribution in [2.24, 2.45) is 0 Å². The molecule has 0 bridgehead atoms. The van der Waals surface area contributed by atoms with Gasteiger partial charge in [0.25, 0.3) is 5.91 Å². The van der Waals surface area contributed by atoms with Crippen LogP contribution in [0.5, 0.6) is 0 Å². The Kier molecular flexibility index (Phi) is 4.36. The fourth-order valence-electron chi connectivity index (χ4n) is 1.91. The molecule has 110 valence electrons. The first-order valence-corrected chi connectivity index (χ1v) is 7.02. The number of carbonyl (C=O) groups is 1. The van der Waals surface area contributed by atoms with Crippen molar-refractivity contribution < 1.29 is 4.79 Å². The van der Waals surface area contributed by atoms with Gasteiger partial charge in [0.15, 0.2) is 0 Å². The maximum atomic E-state index is 12.2. The zero-order chi connectivity index (χ0) is 15.5. The Morgan fingerprint density at radius 1 is 1.19 bits per heavy atom. The number of nitrogens with one attached hydrogen (secondary N) is 1. The third-order valence-electron chi connectivity index (χ3n) is 3.26. The van der Waals surface area contributed by atoms with Crippen LogP contribution in [0.2, 0.25) is 0 Å². The Morgan fingerprint density at radius 3 is 2.57 bits per heavy atom. The minimum absolute atomic E-state index is 0.0265. The van der Waals surface area contributed by atoms with E-state index in [1.54, 1.807) is 12.4 Å². The van der Waals surface area contributed by atoms with Crippen LogP contribution in [0, 0.1) is 6.92 Å². The molecule has 0 atom stereocenters. The van der Waals surface area contributed by atoms with Gasteiger partial charge >= 0.3 is 0 Å². The Bertz CT molecular complexity index is 627. The van der Waals surface area contributed by atoms with Crippen molar-refractivity contribution in [3.05, 3.63) is 59.2 Å². The highest BCUT2D eigenvalue weighted by Gasteiger charge is 2.15. The van der Waals surface area contributed by atoms with Crippen LogP contribution >= 0.6 is 0 Å². The van der Waals surface area contributed by atoms with Gasteiger partial charge in [-0.3, -0.25) is 14.8 Å². The number of benzene rings is 1. The molecule has 4 heteroatoms. The highest BCUT2D eigenvalue weighted by molar-refractivity contribution is 5.94. The summed E-state index contributed by atoms with van der Waals surface area (Å²) < 4.78 is 0. The zero-order valence-corrected chi connectivity index (χ0v) is 13.0. The molecule has 1 aromatic carbocycles. The van der Waals surface area contributed by atoms with Crippen molar-refractivity contribution in [2.75, 3.05) is 0 Å². The monoisotopic (exact) mass is 283 g/mol. The van der Waals surface area contributed by atoms with E-state index in [0.29, 0.717) is 12.1 Å². The van der Waals surface area contributed by atoms with E-state index >= 15 is 0 Å². The lowest BCUT2D eigenvalue weighted by molar-refractivity contribution is 0.0950. The maximum absolute atomic E-state index is 12.2. The van der Waals surface area contributed by atoms with Crippen LogP contribution in [-0.4, -0.2) is 15.9 Å². The molecule has 21 heavy (non-hydrogen) atoms. The van der Waals surface area contributed by atoms with Crippen LogP contribution in [0.25, 0.3) is 0 Å². The lowest BCUT2D eigenvalue weighted by atomic mass is 9.86. The minimum Gasteiger partial charge on any atom is -0.346 e. The summed E-state index contributed by atoms with van der Waals surface area (Å²) >= 11 is 0. The van der Waals surface area contributed by atoms with E-state index in [1.165, 1.54) is 0 Å². The molecule has 1 N–H and O–H groups in total. The van der Waals surface area contributed by atoms with Crippen molar-refractivity contribution in [1.82, 2.24) is 15.3 Å². The van der Waals surface area contributed by atoms with Crippen molar-refractivity contribution in [3.63, 3.8) is 0 Å². The van der Waals surface area contributed by atoms with Crippen molar-refractivity contribution in [2.45, 2.75) is 39.7 Å². The van der Waals surface area contributed by atoms with Crippen LogP contribution < -0.4 is 5.32 Å². The molecule has 0 aliphatic carbocycles. The Morgan fingerprint density at radius 2 is 1.95 bits per heavy atom. The number of nitrogens with zero attached hydrogens (tertiary/aromatic N) is 2. The Hall–Kier alpha value is -2.23. The molecule has 0 saturated heterocycles. The smallest absolute Gasteiger partial charge is 0.251 e. The first-order valence-electron chi connectivity index (χ1n) is 7.02. The highest BCUT2D eigenvalue weighted by atomic mass is 16.1. The van der Waals surface area contributed by atoms with Gasteiger partial charge in [0, 0.05) is 11.8 Å². The number of hydrogen-bond donors (Lipinski definition) is 1. The van der Waals surface area contributed by atoms with E-state index in [-0.39, 0.29) is 11.3 Å². The molecule has 0 saturated carbocycles. The second-order valence-electron chi connectivity index (χ2n) is 6.16. The van der Waals surface area contributed by atoms with Crippen LogP contribution in [0.1, 0.15) is 48.1 Å². The fraction of sp³-hybridized carbons (Fsp3) is 0.353. The van der Waals surface area contributed by atoms with E-state index in [0.717, 1.165) is 17.0 Å². The molecule has 1 amide bonds. The highest BCUT2D eigenvalue weighted by Crippen LogP contribution is 2.22. The summed E-state index contributed by atoms with van der Waals surface area (Å²) in [4.78, 5) is 20.6. The summed E-state index contributed by atoms with van der Waals surface area (Å²) in [7, 11) is 0. The molecule has 2 rings (SSSR count). The molecule has 1 aromatic heterocycles. The van der Waals surface area contributed by atoms with Gasteiger partial charge in [0.05, 0.1) is 24.1 Å². The predicted molar refractivity (Wildman–Crippen MR) is 83.1 cm³/mol. The molecular formula is C17H21N3O. The van der Waals surface area contributed by atoms with Crippen LogP contribution in [-0.2, 0) is 12.0 Å². The average molecular weight is 283 g/mol. The topological polar surface area (TPSA) is 54.9 Å². The zero-order valence-electron chi connectivity index (χ0n) is 13.0. The molecule has 2 aromatic rings. The number of hydrogen-bond acceptors (Lipinski definition) is 3. The third-order valence-corrected chi connectivity index (χ3v) is 3.26. The molecule has 0 unspecified atom stereocenters. The standard InChI is InChI=1S/C17H21N3O/c1-12-9-19-15(10-18-12)11-20-16(21)13-6-5-7-14(8-13)17(2,3)4/h5-10H,11H2,1-4H3,(H,20,21). The van der Waals surface area contributed by atoms with Gasteiger partial charge in [-0.15, -0.1) is 0 Å². The second kappa shape index (κ2) is 6.04. The first kappa shape index (κ1) is 15.2.